The lowest BCUT2D eigenvalue weighted by atomic mass is 9.88. The van der Waals surface area contributed by atoms with Crippen LogP contribution in [0.15, 0.2) is 23.1 Å². The van der Waals surface area contributed by atoms with Gasteiger partial charge in [0.25, 0.3) is 0 Å². The van der Waals surface area contributed by atoms with E-state index in [1.807, 2.05) is 13.8 Å². The van der Waals surface area contributed by atoms with Crippen LogP contribution in [0.25, 0.3) is 0 Å². The van der Waals surface area contributed by atoms with E-state index < -0.39 is 26.6 Å². The normalized spacial score (nSPS) is 12.7. The summed E-state index contributed by atoms with van der Waals surface area (Å²) in [5.74, 6) is -1.88. The highest BCUT2D eigenvalue weighted by molar-refractivity contribution is 7.89. The molecule has 0 aliphatic heterocycles. The van der Waals surface area contributed by atoms with Crippen molar-refractivity contribution in [3.05, 3.63) is 29.8 Å². The highest BCUT2D eigenvalue weighted by Gasteiger charge is 2.22. The molecule has 114 valence electrons. The molecular weight excluding hydrogens is 288 g/mol. The van der Waals surface area contributed by atoms with Crippen LogP contribution in [-0.4, -0.2) is 26.7 Å². The number of benzene rings is 1. The van der Waals surface area contributed by atoms with Gasteiger partial charge in [-0.1, -0.05) is 13.8 Å². The summed E-state index contributed by atoms with van der Waals surface area (Å²) in [5.41, 5.74) is -0.359. The highest BCUT2D eigenvalue weighted by Crippen LogP contribution is 2.22. The summed E-state index contributed by atoms with van der Waals surface area (Å²) in [5, 5.41) is 8.77. The second-order valence-electron chi connectivity index (χ2n) is 5.42. The van der Waals surface area contributed by atoms with Gasteiger partial charge in [0.05, 0.1) is 4.90 Å². The average Bonchev–Trinajstić information content (AvgIpc) is 2.33. The fourth-order valence-electron chi connectivity index (χ4n) is 1.70. The number of hydrogen-bond acceptors (Lipinski definition) is 3. The van der Waals surface area contributed by atoms with Crippen LogP contribution in [0.1, 0.15) is 26.7 Å². The van der Waals surface area contributed by atoms with E-state index in [2.05, 4.69) is 4.72 Å². The maximum absolute atomic E-state index is 13.0. The molecule has 1 rings (SSSR count). The Morgan fingerprint density at radius 1 is 1.20 bits per heavy atom. The Morgan fingerprint density at radius 2 is 1.75 bits per heavy atom. The second kappa shape index (κ2) is 6.60. The minimum absolute atomic E-state index is 0.0330. The molecule has 0 heterocycles. The van der Waals surface area contributed by atoms with E-state index in [1.165, 1.54) is 0 Å². The first-order chi connectivity index (χ1) is 9.16. The van der Waals surface area contributed by atoms with Gasteiger partial charge in [-0.05, 0) is 30.4 Å². The molecule has 2 N–H and O–H groups in total. The van der Waals surface area contributed by atoms with Crippen LogP contribution in [-0.2, 0) is 10.0 Å². The molecule has 0 unspecified atom stereocenters. The number of rotatable bonds is 7. The number of nitrogens with one attached hydrogen (secondary N) is 1. The van der Waals surface area contributed by atoms with Crippen molar-refractivity contribution < 1.29 is 22.3 Å². The van der Waals surface area contributed by atoms with E-state index >= 15 is 0 Å². The van der Waals surface area contributed by atoms with Crippen molar-refractivity contribution in [2.45, 2.75) is 31.6 Å². The van der Waals surface area contributed by atoms with Gasteiger partial charge in [0.2, 0.25) is 10.0 Å². The molecule has 0 saturated carbocycles. The monoisotopic (exact) mass is 307 g/mol. The molecule has 0 radical (unpaired) electrons. The zero-order valence-electron chi connectivity index (χ0n) is 11.5. The smallest absolute Gasteiger partial charge is 0.240 e. The van der Waals surface area contributed by atoms with E-state index in [0.29, 0.717) is 18.9 Å². The van der Waals surface area contributed by atoms with Gasteiger partial charge in [-0.15, -0.1) is 0 Å². The van der Waals surface area contributed by atoms with Gasteiger partial charge in [-0.2, -0.15) is 0 Å². The van der Waals surface area contributed by atoms with Crippen LogP contribution in [0.4, 0.5) is 8.78 Å². The molecule has 20 heavy (non-hydrogen) atoms. The first-order valence-corrected chi connectivity index (χ1v) is 7.71. The Labute approximate surface area is 117 Å². The lowest BCUT2D eigenvalue weighted by Gasteiger charge is -2.24. The number of aliphatic hydroxyl groups excluding tert-OH is 1. The van der Waals surface area contributed by atoms with Gasteiger partial charge in [0, 0.05) is 19.2 Å². The summed E-state index contributed by atoms with van der Waals surface area (Å²) in [6, 6.07) is 2.16. The Balaban J connectivity index is 2.80. The van der Waals surface area contributed by atoms with Gasteiger partial charge >= 0.3 is 0 Å². The van der Waals surface area contributed by atoms with E-state index in [4.69, 9.17) is 5.11 Å². The third-order valence-electron chi connectivity index (χ3n) is 2.90. The average molecular weight is 307 g/mol. The molecule has 7 heteroatoms. The molecular formula is C13H19F2NO3S. The van der Waals surface area contributed by atoms with Crippen molar-refractivity contribution in [1.29, 1.82) is 0 Å². The SMILES string of the molecule is CC(C)(CCCO)CNS(=O)(=O)c1cc(F)cc(F)c1. The van der Waals surface area contributed by atoms with Crippen LogP contribution in [0.2, 0.25) is 0 Å². The number of halogens is 2. The molecule has 4 nitrogen and oxygen atoms in total. The van der Waals surface area contributed by atoms with E-state index in [9.17, 15) is 17.2 Å². The van der Waals surface area contributed by atoms with E-state index in [1.54, 1.807) is 0 Å². The van der Waals surface area contributed by atoms with Crippen LogP contribution in [0.5, 0.6) is 0 Å². The zero-order chi connectivity index (χ0) is 15.4. The van der Waals surface area contributed by atoms with Gasteiger partial charge < -0.3 is 5.11 Å². The molecule has 0 aliphatic carbocycles. The summed E-state index contributed by atoms with van der Waals surface area (Å²) >= 11 is 0. The van der Waals surface area contributed by atoms with Crippen molar-refractivity contribution in [1.82, 2.24) is 4.72 Å². The van der Waals surface area contributed by atoms with Crippen molar-refractivity contribution >= 4 is 10.0 Å². The molecule has 0 fully saturated rings. The summed E-state index contributed by atoms with van der Waals surface area (Å²) in [7, 11) is -3.96. The molecule has 1 aromatic rings. The fourth-order valence-corrected chi connectivity index (χ4v) is 2.99. The minimum Gasteiger partial charge on any atom is -0.396 e. The Hall–Kier alpha value is -1.05. The minimum atomic E-state index is -3.96. The lowest BCUT2D eigenvalue weighted by Crippen LogP contribution is -2.34. The third kappa shape index (κ3) is 5.15. The van der Waals surface area contributed by atoms with Crippen molar-refractivity contribution in [3.8, 4) is 0 Å². The quantitative estimate of drug-likeness (QED) is 0.810. The lowest BCUT2D eigenvalue weighted by molar-refractivity contribution is 0.242. The topological polar surface area (TPSA) is 66.4 Å². The molecule has 0 aromatic heterocycles. The molecule has 0 bridgehead atoms. The molecule has 0 aliphatic rings. The van der Waals surface area contributed by atoms with Gasteiger partial charge in [0.15, 0.2) is 0 Å². The molecule has 0 saturated heterocycles. The first-order valence-electron chi connectivity index (χ1n) is 6.23. The Kier molecular flexibility index (Phi) is 5.61. The first kappa shape index (κ1) is 17.0. The standard InChI is InChI=1S/C13H19F2NO3S/c1-13(2,4-3-5-17)9-16-20(18,19)12-7-10(14)6-11(15)8-12/h6-8,16-17H,3-5,9H2,1-2H3. The summed E-state index contributed by atoms with van der Waals surface area (Å²) in [6.45, 7) is 3.84. The van der Waals surface area contributed by atoms with Crippen LogP contribution in [0, 0.1) is 17.0 Å². The zero-order valence-corrected chi connectivity index (χ0v) is 12.3. The van der Waals surface area contributed by atoms with Crippen molar-refractivity contribution in [3.63, 3.8) is 0 Å². The number of hydrogen-bond donors (Lipinski definition) is 2. The Morgan fingerprint density at radius 3 is 2.25 bits per heavy atom. The molecule has 0 spiro atoms. The summed E-state index contributed by atoms with van der Waals surface area (Å²) < 4.78 is 52.3. The third-order valence-corrected chi connectivity index (χ3v) is 4.28. The van der Waals surface area contributed by atoms with Gasteiger partial charge in [0.1, 0.15) is 11.6 Å². The molecule has 0 amide bonds. The van der Waals surface area contributed by atoms with Crippen LogP contribution < -0.4 is 4.72 Å². The molecule has 0 atom stereocenters. The fraction of sp³-hybridized carbons (Fsp3) is 0.538. The van der Waals surface area contributed by atoms with Crippen molar-refractivity contribution in [2.75, 3.05) is 13.2 Å². The predicted molar refractivity (Wildman–Crippen MR) is 71.6 cm³/mol. The molecule has 1 aromatic carbocycles. The number of sulfonamides is 1. The van der Waals surface area contributed by atoms with E-state index in [-0.39, 0.29) is 18.6 Å². The number of aliphatic hydroxyl groups is 1. The van der Waals surface area contributed by atoms with Crippen molar-refractivity contribution in [2.24, 2.45) is 5.41 Å². The van der Waals surface area contributed by atoms with Gasteiger partial charge in [-0.3, -0.25) is 0 Å². The van der Waals surface area contributed by atoms with Crippen LogP contribution in [0.3, 0.4) is 0 Å². The predicted octanol–water partition coefficient (Wildman–Crippen LogP) is 2.04. The Bertz CT molecular complexity index is 538. The largest absolute Gasteiger partial charge is 0.396 e. The maximum atomic E-state index is 13.0. The highest BCUT2D eigenvalue weighted by atomic mass is 32.2. The van der Waals surface area contributed by atoms with E-state index in [0.717, 1.165) is 12.1 Å². The summed E-state index contributed by atoms with van der Waals surface area (Å²) in [6.07, 6.45) is 1.19. The van der Waals surface area contributed by atoms with Crippen LogP contribution >= 0.6 is 0 Å². The second-order valence-corrected chi connectivity index (χ2v) is 7.19. The maximum Gasteiger partial charge on any atom is 0.240 e. The summed E-state index contributed by atoms with van der Waals surface area (Å²) in [4.78, 5) is -0.437. The van der Waals surface area contributed by atoms with Gasteiger partial charge in [-0.25, -0.2) is 21.9 Å².